The first-order valence-corrected chi connectivity index (χ1v) is 7.62. The van der Waals surface area contributed by atoms with Crippen LogP contribution in [-0.4, -0.2) is 46.0 Å². The topological polar surface area (TPSA) is 43.7 Å². The average molecular weight is 341 g/mol. The molecule has 0 bridgehead atoms. The molecule has 1 aromatic carbocycles. The van der Waals surface area contributed by atoms with Crippen molar-refractivity contribution in [2.45, 2.75) is 25.3 Å². The molecule has 20 heavy (non-hydrogen) atoms. The van der Waals surface area contributed by atoms with Gasteiger partial charge < -0.3 is 10.2 Å². The molecule has 0 radical (unpaired) electrons. The van der Waals surface area contributed by atoms with Gasteiger partial charge in [0.1, 0.15) is 0 Å². The Morgan fingerprint density at radius 1 is 1.05 bits per heavy atom. The maximum absolute atomic E-state index is 9.60. The third-order valence-corrected chi connectivity index (χ3v) is 4.10. The maximum Gasteiger partial charge on any atom is 0.157 e. The molecule has 1 aliphatic carbocycles. The summed E-state index contributed by atoms with van der Waals surface area (Å²) < 4.78 is 0. The number of alkyl halides is 2. The molecule has 0 aliphatic heterocycles. The van der Waals surface area contributed by atoms with Crippen LogP contribution in [0.15, 0.2) is 12.1 Å². The Morgan fingerprint density at radius 2 is 1.60 bits per heavy atom. The number of aromatic hydroxyl groups is 2. The van der Waals surface area contributed by atoms with Crippen molar-refractivity contribution in [3.63, 3.8) is 0 Å². The molecule has 6 heteroatoms. The molecule has 1 aromatic rings. The summed E-state index contributed by atoms with van der Waals surface area (Å²) in [6, 6.07) is 3.76. The largest absolute Gasteiger partial charge is 0.504 e. The van der Waals surface area contributed by atoms with E-state index in [0.29, 0.717) is 17.8 Å². The van der Waals surface area contributed by atoms with Crippen LogP contribution in [0.5, 0.6) is 11.5 Å². The van der Waals surface area contributed by atoms with Gasteiger partial charge in [-0.25, -0.2) is 0 Å². The van der Waals surface area contributed by atoms with Gasteiger partial charge in [-0.1, -0.05) is 0 Å². The molecular weight excluding hydrogens is 321 g/mol. The van der Waals surface area contributed by atoms with Crippen LogP contribution in [0.2, 0.25) is 0 Å². The first-order chi connectivity index (χ1) is 9.15. The summed E-state index contributed by atoms with van der Waals surface area (Å²) in [6.07, 6.45) is 2.82. The number of fused-ring (bicyclic) bond motifs is 1. The zero-order valence-corrected chi connectivity index (χ0v) is 13.5. The van der Waals surface area contributed by atoms with Crippen molar-refractivity contribution in [3.8, 4) is 11.5 Å². The predicted octanol–water partition coefficient (Wildman–Crippen LogP) is 3.16. The molecule has 2 rings (SSSR count). The van der Waals surface area contributed by atoms with Gasteiger partial charge in [0.15, 0.2) is 11.5 Å². The third kappa shape index (κ3) is 4.08. The normalized spacial score (nSPS) is 17.6. The molecule has 0 aromatic heterocycles. The van der Waals surface area contributed by atoms with Crippen LogP contribution in [0.3, 0.4) is 0 Å². The van der Waals surface area contributed by atoms with Gasteiger partial charge >= 0.3 is 0 Å². The van der Waals surface area contributed by atoms with E-state index in [0.717, 1.165) is 43.5 Å². The lowest BCUT2D eigenvalue weighted by molar-refractivity contribution is 0.201. The van der Waals surface area contributed by atoms with Gasteiger partial charge in [-0.15, -0.1) is 35.6 Å². The van der Waals surface area contributed by atoms with Crippen molar-refractivity contribution in [3.05, 3.63) is 23.3 Å². The van der Waals surface area contributed by atoms with Gasteiger partial charge in [-0.3, -0.25) is 4.90 Å². The number of rotatable bonds is 5. The Morgan fingerprint density at radius 3 is 2.15 bits per heavy atom. The van der Waals surface area contributed by atoms with E-state index in [2.05, 4.69) is 4.90 Å². The molecule has 0 fully saturated rings. The fourth-order valence-electron chi connectivity index (χ4n) is 2.77. The highest BCUT2D eigenvalue weighted by Gasteiger charge is 2.24. The Bertz CT molecular complexity index is 437. The summed E-state index contributed by atoms with van der Waals surface area (Å²) in [6.45, 7) is 1.66. The Kier molecular flexibility index (Phi) is 7.24. The Labute approximate surface area is 135 Å². The van der Waals surface area contributed by atoms with Crippen LogP contribution in [0.25, 0.3) is 0 Å². The number of hydrogen-bond donors (Lipinski definition) is 2. The van der Waals surface area contributed by atoms with Gasteiger partial charge in [0.25, 0.3) is 0 Å². The van der Waals surface area contributed by atoms with Crippen LogP contribution in [0, 0.1) is 0 Å². The minimum Gasteiger partial charge on any atom is -0.504 e. The summed E-state index contributed by atoms with van der Waals surface area (Å²) >= 11 is 11.7. The van der Waals surface area contributed by atoms with E-state index in [1.54, 1.807) is 12.1 Å². The second kappa shape index (κ2) is 8.18. The predicted molar refractivity (Wildman–Crippen MR) is 85.8 cm³/mol. The van der Waals surface area contributed by atoms with Gasteiger partial charge in [0.05, 0.1) is 0 Å². The minimum absolute atomic E-state index is 0. The first-order valence-electron chi connectivity index (χ1n) is 6.55. The van der Waals surface area contributed by atoms with Crippen LogP contribution in [0.4, 0.5) is 0 Å². The van der Waals surface area contributed by atoms with Crippen LogP contribution in [0.1, 0.15) is 17.5 Å². The molecule has 0 saturated heterocycles. The van der Waals surface area contributed by atoms with Crippen LogP contribution in [-0.2, 0) is 12.8 Å². The Balaban J connectivity index is 0.00000200. The molecule has 0 amide bonds. The number of phenolic OH excluding ortho intramolecular Hbond substituents is 2. The minimum atomic E-state index is -0.0411. The summed E-state index contributed by atoms with van der Waals surface area (Å²) in [5, 5.41) is 19.1. The highest BCUT2D eigenvalue weighted by atomic mass is 35.5. The lowest BCUT2D eigenvalue weighted by atomic mass is 9.87. The van der Waals surface area contributed by atoms with Gasteiger partial charge in [-0.2, -0.15) is 0 Å². The SMILES string of the molecule is Cl.Oc1cc2c(cc1O)CC(N(CCCl)CCCl)CC2. The third-order valence-electron chi connectivity index (χ3n) is 3.76. The highest BCUT2D eigenvalue weighted by Crippen LogP contribution is 2.33. The molecule has 1 unspecified atom stereocenters. The lowest BCUT2D eigenvalue weighted by Crippen LogP contribution is -2.41. The smallest absolute Gasteiger partial charge is 0.157 e. The number of hydrogen-bond acceptors (Lipinski definition) is 3. The van der Waals surface area contributed by atoms with Gasteiger partial charge in [0.2, 0.25) is 0 Å². The van der Waals surface area contributed by atoms with Crippen molar-refractivity contribution in [1.29, 1.82) is 0 Å². The maximum atomic E-state index is 9.60. The fraction of sp³-hybridized carbons (Fsp3) is 0.571. The molecule has 1 atom stereocenters. The van der Waals surface area contributed by atoms with E-state index in [-0.39, 0.29) is 23.9 Å². The number of halogens is 3. The van der Waals surface area contributed by atoms with E-state index in [9.17, 15) is 10.2 Å². The van der Waals surface area contributed by atoms with E-state index in [1.165, 1.54) is 0 Å². The second-order valence-electron chi connectivity index (χ2n) is 4.92. The van der Waals surface area contributed by atoms with Crippen molar-refractivity contribution >= 4 is 35.6 Å². The first kappa shape index (κ1) is 17.7. The van der Waals surface area contributed by atoms with Crippen LogP contribution < -0.4 is 0 Å². The number of nitrogens with zero attached hydrogens (tertiary/aromatic N) is 1. The Hall–Kier alpha value is -0.350. The standard InChI is InChI=1S/C14H19Cl2NO2.ClH/c15-3-5-17(6-4-16)12-2-1-10-8-13(18)14(19)9-11(10)7-12;/h8-9,12,18-19H,1-7H2;1H. The fourth-order valence-corrected chi connectivity index (χ4v) is 3.20. The number of benzene rings is 1. The van der Waals surface area contributed by atoms with Crippen molar-refractivity contribution in [1.82, 2.24) is 4.90 Å². The second-order valence-corrected chi connectivity index (χ2v) is 5.68. The molecule has 0 heterocycles. The monoisotopic (exact) mass is 339 g/mol. The zero-order valence-electron chi connectivity index (χ0n) is 11.2. The van der Waals surface area contributed by atoms with E-state index in [1.807, 2.05) is 0 Å². The van der Waals surface area contributed by atoms with Gasteiger partial charge in [-0.05, 0) is 42.5 Å². The number of aryl methyl sites for hydroxylation is 1. The summed E-state index contributed by atoms with van der Waals surface area (Å²) in [5.74, 6) is 1.12. The zero-order chi connectivity index (χ0) is 13.8. The summed E-state index contributed by atoms with van der Waals surface area (Å²) in [7, 11) is 0. The lowest BCUT2D eigenvalue weighted by Gasteiger charge is -2.34. The van der Waals surface area contributed by atoms with Crippen molar-refractivity contribution in [2.24, 2.45) is 0 Å². The van der Waals surface area contributed by atoms with E-state index < -0.39 is 0 Å². The van der Waals surface area contributed by atoms with Crippen molar-refractivity contribution in [2.75, 3.05) is 24.8 Å². The van der Waals surface area contributed by atoms with E-state index in [4.69, 9.17) is 23.2 Å². The molecule has 3 nitrogen and oxygen atoms in total. The molecule has 2 N–H and O–H groups in total. The van der Waals surface area contributed by atoms with Crippen LogP contribution >= 0.6 is 35.6 Å². The van der Waals surface area contributed by atoms with E-state index >= 15 is 0 Å². The number of phenols is 2. The quantitative estimate of drug-likeness (QED) is 0.639. The van der Waals surface area contributed by atoms with Gasteiger partial charge in [0, 0.05) is 30.9 Å². The summed E-state index contributed by atoms with van der Waals surface area (Å²) in [4.78, 5) is 2.31. The molecule has 0 saturated carbocycles. The molecule has 1 aliphatic rings. The average Bonchev–Trinajstić information content (AvgIpc) is 2.39. The molecular formula is C14H20Cl3NO2. The highest BCUT2D eigenvalue weighted by molar-refractivity contribution is 6.18. The molecule has 114 valence electrons. The molecule has 0 spiro atoms. The summed E-state index contributed by atoms with van der Waals surface area (Å²) in [5.41, 5.74) is 2.24. The van der Waals surface area contributed by atoms with Crippen molar-refractivity contribution < 1.29 is 10.2 Å².